The van der Waals surface area contributed by atoms with E-state index in [4.69, 9.17) is 10.5 Å². The van der Waals surface area contributed by atoms with Gasteiger partial charge in [0.15, 0.2) is 6.61 Å². The van der Waals surface area contributed by atoms with Gasteiger partial charge in [-0.3, -0.25) is 24.4 Å². The summed E-state index contributed by atoms with van der Waals surface area (Å²) in [7, 11) is 0. The molecule has 0 bridgehead atoms. The standard InChI is InChI=1S/C17H20N6O5/c1-10-16(23(26)27)11(2)22(21-10)12(3)17(25)20-19-8-13-4-6-14(7-5-13)28-9-15(18)24/h4-8,12H,9H2,1-3H3,(H2,18,24)(H,20,25)/b19-8+. The number of amides is 2. The van der Waals surface area contributed by atoms with Gasteiger partial charge >= 0.3 is 5.69 Å². The fourth-order valence-electron chi connectivity index (χ4n) is 2.48. The predicted octanol–water partition coefficient (Wildman–Crippen LogP) is 0.984. The fourth-order valence-corrected chi connectivity index (χ4v) is 2.48. The maximum atomic E-state index is 12.3. The van der Waals surface area contributed by atoms with Crippen LogP contribution < -0.4 is 15.9 Å². The number of primary amides is 1. The second-order valence-corrected chi connectivity index (χ2v) is 5.96. The molecule has 1 aromatic carbocycles. The lowest BCUT2D eigenvalue weighted by atomic mass is 10.2. The number of hydrazone groups is 1. The number of aromatic nitrogens is 2. The molecule has 2 amide bonds. The molecular formula is C17H20N6O5. The highest BCUT2D eigenvalue weighted by Gasteiger charge is 2.26. The molecule has 1 heterocycles. The van der Waals surface area contributed by atoms with Crippen LogP contribution in [0, 0.1) is 24.0 Å². The second-order valence-electron chi connectivity index (χ2n) is 5.96. The summed E-state index contributed by atoms with van der Waals surface area (Å²) in [5.74, 6) is -0.576. The van der Waals surface area contributed by atoms with Gasteiger partial charge < -0.3 is 10.5 Å². The van der Waals surface area contributed by atoms with E-state index in [-0.39, 0.29) is 18.0 Å². The van der Waals surface area contributed by atoms with Gasteiger partial charge in [0, 0.05) is 0 Å². The summed E-state index contributed by atoms with van der Waals surface area (Å²) in [5.41, 5.74) is 8.48. The van der Waals surface area contributed by atoms with Crippen LogP contribution in [0.4, 0.5) is 5.69 Å². The van der Waals surface area contributed by atoms with Gasteiger partial charge in [0.25, 0.3) is 11.8 Å². The minimum absolute atomic E-state index is 0.109. The van der Waals surface area contributed by atoms with Gasteiger partial charge in [0.05, 0.1) is 11.1 Å². The van der Waals surface area contributed by atoms with Crippen molar-refractivity contribution in [1.29, 1.82) is 0 Å². The van der Waals surface area contributed by atoms with Gasteiger partial charge in [0.1, 0.15) is 23.2 Å². The third-order valence-corrected chi connectivity index (χ3v) is 3.87. The Morgan fingerprint density at radius 3 is 2.57 bits per heavy atom. The second kappa shape index (κ2) is 8.75. The fraction of sp³-hybridized carbons (Fsp3) is 0.294. The van der Waals surface area contributed by atoms with Crippen LogP contribution in [0.3, 0.4) is 0 Å². The van der Waals surface area contributed by atoms with Gasteiger partial charge in [-0.25, -0.2) is 5.43 Å². The molecule has 3 N–H and O–H groups in total. The molecule has 0 fully saturated rings. The minimum Gasteiger partial charge on any atom is -0.484 e. The Bertz CT molecular complexity index is 919. The van der Waals surface area contributed by atoms with Gasteiger partial charge in [0.2, 0.25) is 0 Å². The normalized spacial score (nSPS) is 12.0. The molecule has 1 atom stereocenters. The van der Waals surface area contributed by atoms with Crippen molar-refractivity contribution < 1.29 is 19.2 Å². The lowest BCUT2D eigenvalue weighted by Gasteiger charge is -2.11. The van der Waals surface area contributed by atoms with Crippen molar-refractivity contribution in [2.45, 2.75) is 26.8 Å². The molecule has 2 rings (SSSR count). The quantitative estimate of drug-likeness (QED) is 0.390. The summed E-state index contributed by atoms with van der Waals surface area (Å²) in [6.45, 7) is 4.40. The number of benzene rings is 1. The summed E-state index contributed by atoms with van der Waals surface area (Å²) in [4.78, 5) is 33.5. The van der Waals surface area contributed by atoms with Crippen LogP contribution in [-0.2, 0) is 9.59 Å². The third kappa shape index (κ3) is 4.90. The van der Waals surface area contributed by atoms with Gasteiger partial charge in [-0.2, -0.15) is 10.2 Å². The van der Waals surface area contributed by atoms with Crippen molar-refractivity contribution in [3.05, 3.63) is 51.3 Å². The number of carbonyl (C=O) groups excluding carboxylic acids is 2. The number of rotatable bonds is 8. The Kier molecular flexibility index (Phi) is 6.42. The Morgan fingerprint density at radius 2 is 2.04 bits per heavy atom. The van der Waals surface area contributed by atoms with E-state index in [2.05, 4.69) is 15.6 Å². The minimum atomic E-state index is -0.783. The average molecular weight is 388 g/mol. The van der Waals surface area contributed by atoms with E-state index < -0.39 is 22.8 Å². The smallest absolute Gasteiger partial charge is 0.312 e. The van der Waals surface area contributed by atoms with Crippen molar-refractivity contribution in [1.82, 2.24) is 15.2 Å². The molecule has 0 aliphatic rings. The van der Waals surface area contributed by atoms with E-state index in [1.54, 1.807) is 31.2 Å². The molecule has 28 heavy (non-hydrogen) atoms. The number of nitrogens with two attached hydrogens (primary N) is 1. The Morgan fingerprint density at radius 1 is 1.39 bits per heavy atom. The van der Waals surface area contributed by atoms with Crippen LogP contribution in [0.25, 0.3) is 0 Å². The molecule has 11 heteroatoms. The summed E-state index contributed by atoms with van der Waals surface area (Å²) in [6, 6.07) is 5.83. The van der Waals surface area contributed by atoms with Crippen LogP contribution in [0.2, 0.25) is 0 Å². The molecule has 0 aliphatic heterocycles. The molecule has 2 aromatic rings. The number of nitrogens with zero attached hydrogens (tertiary/aromatic N) is 4. The van der Waals surface area contributed by atoms with Gasteiger partial charge in [-0.15, -0.1) is 0 Å². The number of ether oxygens (including phenoxy) is 1. The highest BCUT2D eigenvalue weighted by atomic mass is 16.6. The number of aryl methyl sites for hydroxylation is 1. The van der Waals surface area contributed by atoms with Crippen molar-refractivity contribution in [3.63, 3.8) is 0 Å². The summed E-state index contributed by atoms with van der Waals surface area (Å²) < 4.78 is 6.43. The third-order valence-electron chi connectivity index (χ3n) is 3.87. The first-order valence-electron chi connectivity index (χ1n) is 8.25. The van der Waals surface area contributed by atoms with E-state index >= 15 is 0 Å². The Hall–Kier alpha value is -3.76. The van der Waals surface area contributed by atoms with Crippen molar-refractivity contribution in [2.24, 2.45) is 10.8 Å². The first kappa shape index (κ1) is 20.6. The highest BCUT2D eigenvalue weighted by Crippen LogP contribution is 2.24. The van der Waals surface area contributed by atoms with Crippen molar-refractivity contribution in [2.75, 3.05) is 6.61 Å². The first-order valence-corrected chi connectivity index (χ1v) is 8.25. The molecule has 11 nitrogen and oxygen atoms in total. The highest BCUT2D eigenvalue weighted by molar-refractivity contribution is 5.84. The van der Waals surface area contributed by atoms with Crippen LogP contribution in [0.5, 0.6) is 5.75 Å². The maximum absolute atomic E-state index is 12.3. The van der Waals surface area contributed by atoms with Crippen LogP contribution in [-0.4, -0.2) is 39.3 Å². The zero-order chi connectivity index (χ0) is 20.8. The monoisotopic (exact) mass is 388 g/mol. The summed E-state index contributed by atoms with van der Waals surface area (Å²) in [6.07, 6.45) is 1.42. The maximum Gasteiger partial charge on any atom is 0.312 e. The van der Waals surface area contributed by atoms with E-state index in [1.165, 1.54) is 24.7 Å². The molecule has 1 aromatic heterocycles. The van der Waals surface area contributed by atoms with E-state index in [0.717, 1.165) is 0 Å². The molecule has 148 valence electrons. The van der Waals surface area contributed by atoms with Crippen LogP contribution in [0.15, 0.2) is 29.4 Å². The van der Waals surface area contributed by atoms with Crippen molar-refractivity contribution in [3.8, 4) is 5.75 Å². The van der Waals surface area contributed by atoms with Crippen LogP contribution >= 0.6 is 0 Å². The Labute approximate surface area is 160 Å². The molecule has 0 radical (unpaired) electrons. The summed E-state index contributed by atoms with van der Waals surface area (Å²) in [5, 5.41) is 19.0. The van der Waals surface area contributed by atoms with E-state index in [1.807, 2.05) is 0 Å². The van der Waals surface area contributed by atoms with Crippen molar-refractivity contribution >= 4 is 23.7 Å². The topological polar surface area (TPSA) is 155 Å². The van der Waals surface area contributed by atoms with Gasteiger partial charge in [-0.1, -0.05) is 0 Å². The SMILES string of the molecule is Cc1nn(C(C)C(=O)N/N=C/c2ccc(OCC(N)=O)cc2)c(C)c1[N+](=O)[O-]. The molecule has 0 saturated heterocycles. The molecular weight excluding hydrogens is 368 g/mol. The predicted molar refractivity (Wildman–Crippen MR) is 99.9 cm³/mol. The summed E-state index contributed by atoms with van der Waals surface area (Å²) >= 11 is 0. The molecule has 1 unspecified atom stereocenters. The van der Waals surface area contributed by atoms with E-state index in [9.17, 15) is 19.7 Å². The number of carbonyl (C=O) groups is 2. The lowest BCUT2D eigenvalue weighted by molar-refractivity contribution is -0.386. The van der Waals surface area contributed by atoms with Crippen LogP contribution in [0.1, 0.15) is 29.9 Å². The molecule has 0 aliphatic carbocycles. The average Bonchev–Trinajstić information content (AvgIpc) is 2.94. The zero-order valence-electron chi connectivity index (χ0n) is 15.6. The lowest BCUT2D eigenvalue weighted by Crippen LogP contribution is -2.28. The number of hydrogen-bond donors (Lipinski definition) is 2. The molecule has 0 saturated carbocycles. The molecule has 0 spiro atoms. The first-order chi connectivity index (χ1) is 13.2. The number of nitrogens with one attached hydrogen (secondary N) is 1. The largest absolute Gasteiger partial charge is 0.484 e. The Balaban J connectivity index is 1.99. The zero-order valence-corrected chi connectivity index (χ0v) is 15.6. The van der Waals surface area contributed by atoms with E-state index in [0.29, 0.717) is 17.0 Å². The number of nitro groups is 1. The van der Waals surface area contributed by atoms with Gasteiger partial charge in [-0.05, 0) is 50.6 Å². The number of hydrogen-bond acceptors (Lipinski definition) is 7.